The van der Waals surface area contributed by atoms with Crippen molar-refractivity contribution in [2.45, 2.75) is 53.0 Å². The summed E-state index contributed by atoms with van der Waals surface area (Å²) in [6, 6.07) is 0.752. The van der Waals surface area contributed by atoms with Crippen LogP contribution in [0.2, 0.25) is 0 Å². The Bertz CT molecular complexity index is 241. The Morgan fingerprint density at radius 3 is 2.68 bits per heavy atom. The van der Waals surface area contributed by atoms with Gasteiger partial charge in [-0.25, -0.2) is 0 Å². The van der Waals surface area contributed by atoms with Crippen LogP contribution in [0.4, 0.5) is 0 Å². The van der Waals surface area contributed by atoms with E-state index in [9.17, 15) is 0 Å². The van der Waals surface area contributed by atoms with Crippen molar-refractivity contribution in [3.63, 3.8) is 0 Å². The Hall–Kier alpha value is -0.120. The molecule has 0 aromatic heterocycles. The average Bonchev–Trinajstić information content (AvgIpc) is 2.70. The summed E-state index contributed by atoms with van der Waals surface area (Å²) in [5, 5.41) is 3.53. The molecule has 1 unspecified atom stereocenters. The minimum absolute atomic E-state index is 0.233. The molecule has 0 aromatic carbocycles. The Balaban J connectivity index is 2.06. The second-order valence-corrected chi connectivity index (χ2v) is 7.31. The highest BCUT2D eigenvalue weighted by molar-refractivity contribution is 4.76. The lowest BCUT2D eigenvalue weighted by molar-refractivity contribution is 0.0516. The quantitative estimate of drug-likeness (QED) is 0.652. The van der Waals surface area contributed by atoms with Gasteiger partial charge >= 0.3 is 0 Å². The summed E-state index contributed by atoms with van der Waals surface area (Å²) < 4.78 is 5.90. The van der Waals surface area contributed by atoms with Crippen LogP contribution in [-0.2, 0) is 4.74 Å². The maximum atomic E-state index is 5.90. The van der Waals surface area contributed by atoms with E-state index in [4.69, 9.17) is 4.74 Å². The van der Waals surface area contributed by atoms with Crippen LogP contribution in [-0.4, -0.2) is 50.8 Å². The lowest BCUT2D eigenvalue weighted by atomic mass is 9.94. The number of hydrogen-bond donors (Lipinski definition) is 1. The minimum Gasteiger partial charge on any atom is -0.381 e. The Labute approximate surface area is 120 Å². The summed E-state index contributed by atoms with van der Waals surface area (Å²) in [6.07, 6.45) is 3.89. The number of nitrogens with one attached hydrogen (secondary N) is 1. The Morgan fingerprint density at radius 1 is 1.37 bits per heavy atom. The first-order valence-corrected chi connectivity index (χ1v) is 7.89. The molecule has 0 bridgehead atoms. The molecule has 0 radical (unpaired) electrons. The van der Waals surface area contributed by atoms with Gasteiger partial charge in [-0.05, 0) is 45.3 Å². The van der Waals surface area contributed by atoms with Crippen LogP contribution in [0, 0.1) is 11.3 Å². The maximum Gasteiger partial charge on any atom is 0.0529 e. The standard InChI is InChI=1S/C16H34N2O/c1-14(2)11-17-12-16(3,4)13-19-10-8-15-7-6-9-18(15)5/h14-15,17H,6-13H2,1-5H3. The number of hydrogen-bond acceptors (Lipinski definition) is 3. The molecule has 19 heavy (non-hydrogen) atoms. The topological polar surface area (TPSA) is 24.5 Å². The SMILES string of the molecule is CC(C)CNCC(C)(C)COCCC1CCCN1C. The van der Waals surface area contributed by atoms with E-state index in [2.05, 4.69) is 45.0 Å². The summed E-state index contributed by atoms with van der Waals surface area (Å²) in [4.78, 5) is 2.47. The van der Waals surface area contributed by atoms with Gasteiger partial charge in [0.05, 0.1) is 6.61 Å². The van der Waals surface area contributed by atoms with E-state index in [1.807, 2.05) is 0 Å². The molecule has 1 atom stereocenters. The van der Waals surface area contributed by atoms with Gasteiger partial charge in [0, 0.05) is 24.6 Å². The van der Waals surface area contributed by atoms with Gasteiger partial charge in [-0.1, -0.05) is 27.7 Å². The van der Waals surface area contributed by atoms with Crippen LogP contribution in [0.15, 0.2) is 0 Å². The second-order valence-electron chi connectivity index (χ2n) is 7.31. The zero-order valence-electron chi connectivity index (χ0n) is 13.7. The van der Waals surface area contributed by atoms with Crippen LogP contribution >= 0.6 is 0 Å². The maximum absolute atomic E-state index is 5.90. The Morgan fingerprint density at radius 2 is 2.11 bits per heavy atom. The highest BCUT2D eigenvalue weighted by Gasteiger charge is 2.21. The molecule has 0 amide bonds. The van der Waals surface area contributed by atoms with E-state index in [-0.39, 0.29) is 5.41 Å². The minimum atomic E-state index is 0.233. The molecule has 0 saturated carbocycles. The van der Waals surface area contributed by atoms with Crippen LogP contribution < -0.4 is 5.32 Å². The third-order valence-corrected chi connectivity index (χ3v) is 3.92. The predicted octanol–water partition coefficient (Wildman–Crippen LogP) is 2.76. The first kappa shape index (κ1) is 16.9. The molecule has 114 valence electrons. The van der Waals surface area contributed by atoms with E-state index in [1.165, 1.54) is 25.8 Å². The molecule has 1 aliphatic heterocycles. The van der Waals surface area contributed by atoms with E-state index in [0.717, 1.165) is 38.3 Å². The summed E-state index contributed by atoms with van der Waals surface area (Å²) in [5.74, 6) is 0.717. The first-order chi connectivity index (χ1) is 8.91. The molecule has 1 heterocycles. The van der Waals surface area contributed by atoms with Crippen molar-refractivity contribution >= 4 is 0 Å². The van der Waals surface area contributed by atoms with E-state index < -0.39 is 0 Å². The number of likely N-dealkylation sites (tertiary alicyclic amines) is 1. The highest BCUT2D eigenvalue weighted by atomic mass is 16.5. The van der Waals surface area contributed by atoms with Crippen LogP contribution in [0.3, 0.4) is 0 Å². The van der Waals surface area contributed by atoms with E-state index in [0.29, 0.717) is 0 Å². The van der Waals surface area contributed by atoms with Gasteiger partial charge in [-0.3, -0.25) is 0 Å². The molecular formula is C16H34N2O. The van der Waals surface area contributed by atoms with Crippen molar-refractivity contribution in [3.8, 4) is 0 Å². The molecule has 0 aliphatic carbocycles. The van der Waals surface area contributed by atoms with Gasteiger partial charge in [0.1, 0.15) is 0 Å². The average molecular weight is 270 g/mol. The predicted molar refractivity (Wildman–Crippen MR) is 82.6 cm³/mol. The van der Waals surface area contributed by atoms with Crippen molar-refractivity contribution in [1.82, 2.24) is 10.2 Å². The monoisotopic (exact) mass is 270 g/mol. The number of ether oxygens (including phenoxy) is 1. The van der Waals surface area contributed by atoms with Gasteiger partial charge in [0.2, 0.25) is 0 Å². The molecule has 0 aromatic rings. The van der Waals surface area contributed by atoms with Crippen molar-refractivity contribution in [3.05, 3.63) is 0 Å². The zero-order valence-corrected chi connectivity index (χ0v) is 13.7. The van der Waals surface area contributed by atoms with Crippen LogP contribution in [0.1, 0.15) is 47.0 Å². The Kier molecular flexibility index (Phi) is 7.33. The van der Waals surface area contributed by atoms with Crippen molar-refractivity contribution in [2.24, 2.45) is 11.3 Å². The first-order valence-electron chi connectivity index (χ1n) is 7.89. The zero-order chi connectivity index (χ0) is 14.3. The van der Waals surface area contributed by atoms with Gasteiger partial charge < -0.3 is 15.0 Å². The smallest absolute Gasteiger partial charge is 0.0529 e. The molecule has 0 spiro atoms. The van der Waals surface area contributed by atoms with Gasteiger partial charge in [0.15, 0.2) is 0 Å². The number of nitrogens with zero attached hydrogens (tertiary/aromatic N) is 1. The molecule has 1 fully saturated rings. The largest absolute Gasteiger partial charge is 0.381 e. The molecule has 1 aliphatic rings. The fourth-order valence-electron chi connectivity index (χ4n) is 2.66. The summed E-state index contributed by atoms with van der Waals surface area (Å²) in [5.41, 5.74) is 0.233. The number of rotatable bonds is 9. The summed E-state index contributed by atoms with van der Waals surface area (Å²) >= 11 is 0. The summed E-state index contributed by atoms with van der Waals surface area (Å²) in [6.45, 7) is 14.2. The van der Waals surface area contributed by atoms with Crippen LogP contribution in [0.25, 0.3) is 0 Å². The van der Waals surface area contributed by atoms with E-state index in [1.54, 1.807) is 0 Å². The molecule has 1 rings (SSSR count). The summed E-state index contributed by atoms with van der Waals surface area (Å²) in [7, 11) is 2.23. The second kappa shape index (κ2) is 8.23. The van der Waals surface area contributed by atoms with Gasteiger partial charge in [-0.15, -0.1) is 0 Å². The fraction of sp³-hybridized carbons (Fsp3) is 1.00. The van der Waals surface area contributed by atoms with Crippen molar-refractivity contribution in [1.29, 1.82) is 0 Å². The van der Waals surface area contributed by atoms with E-state index >= 15 is 0 Å². The fourth-order valence-corrected chi connectivity index (χ4v) is 2.66. The van der Waals surface area contributed by atoms with Crippen LogP contribution in [0.5, 0.6) is 0 Å². The highest BCUT2D eigenvalue weighted by Crippen LogP contribution is 2.19. The third kappa shape index (κ3) is 7.28. The lowest BCUT2D eigenvalue weighted by Crippen LogP contribution is -2.35. The molecule has 3 nitrogen and oxygen atoms in total. The van der Waals surface area contributed by atoms with Gasteiger partial charge in [0.25, 0.3) is 0 Å². The van der Waals surface area contributed by atoms with Gasteiger partial charge in [-0.2, -0.15) is 0 Å². The van der Waals surface area contributed by atoms with Crippen molar-refractivity contribution in [2.75, 3.05) is 39.9 Å². The lowest BCUT2D eigenvalue weighted by Gasteiger charge is -2.26. The molecule has 3 heteroatoms. The molecule has 1 N–H and O–H groups in total. The normalized spacial score (nSPS) is 21.5. The molecule has 1 saturated heterocycles. The molecular weight excluding hydrogens is 236 g/mol. The van der Waals surface area contributed by atoms with Crippen molar-refractivity contribution < 1.29 is 4.74 Å². The third-order valence-electron chi connectivity index (χ3n) is 3.92.